The molecule has 0 bridgehead atoms. The van der Waals surface area contributed by atoms with Crippen LogP contribution >= 0.6 is 11.6 Å². The van der Waals surface area contributed by atoms with Gasteiger partial charge in [0.05, 0.1) is 11.4 Å². The van der Waals surface area contributed by atoms with Crippen LogP contribution < -0.4 is 5.73 Å². The third-order valence-corrected chi connectivity index (χ3v) is 4.55. The largest absolute Gasteiger partial charge is 0.396 e. The molecule has 0 aliphatic rings. The Bertz CT molecular complexity index is 1050. The molecule has 0 atom stereocenters. The molecule has 0 heterocycles. The zero-order valence-electron chi connectivity index (χ0n) is 12.2. The van der Waals surface area contributed by atoms with Crippen molar-refractivity contribution in [3.05, 3.63) is 59.6 Å². The summed E-state index contributed by atoms with van der Waals surface area (Å²) in [5.41, 5.74) is 7.02. The van der Waals surface area contributed by atoms with Crippen LogP contribution in [-0.4, -0.2) is 13.0 Å². The summed E-state index contributed by atoms with van der Waals surface area (Å²) in [6, 6.07) is 14.4. The lowest BCUT2D eigenvalue weighted by Gasteiger charge is -2.09. The van der Waals surface area contributed by atoms with E-state index in [9.17, 15) is 13.0 Å². The van der Waals surface area contributed by atoms with Crippen molar-refractivity contribution in [2.75, 3.05) is 5.73 Å². The molecule has 8 heteroatoms. The van der Waals surface area contributed by atoms with Gasteiger partial charge in [0.2, 0.25) is 0 Å². The monoisotopic (exact) mass is 361 g/mol. The van der Waals surface area contributed by atoms with Crippen LogP contribution in [0.25, 0.3) is 10.8 Å². The van der Waals surface area contributed by atoms with Crippen molar-refractivity contribution in [1.29, 1.82) is 0 Å². The first-order valence-electron chi connectivity index (χ1n) is 6.82. The number of benzene rings is 3. The molecule has 0 aliphatic carbocycles. The van der Waals surface area contributed by atoms with E-state index in [1.807, 2.05) is 0 Å². The quantitative estimate of drug-likeness (QED) is 0.399. The lowest BCUT2D eigenvalue weighted by Crippen LogP contribution is -2.01. The Morgan fingerprint density at radius 1 is 0.958 bits per heavy atom. The molecule has 6 nitrogen and oxygen atoms in total. The highest BCUT2D eigenvalue weighted by Gasteiger charge is 2.18. The number of hydrogen-bond acceptors (Lipinski definition) is 5. The minimum Gasteiger partial charge on any atom is -0.396 e. The first-order valence-corrected chi connectivity index (χ1v) is 8.64. The predicted molar refractivity (Wildman–Crippen MR) is 93.8 cm³/mol. The number of nitrogens with two attached hydrogens (primary N) is 1. The van der Waals surface area contributed by atoms with E-state index in [0.29, 0.717) is 21.5 Å². The van der Waals surface area contributed by atoms with Crippen LogP contribution in [0.3, 0.4) is 0 Å². The summed E-state index contributed by atoms with van der Waals surface area (Å²) in [7, 11) is -4.43. The maximum Gasteiger partial charge on any atom is 0.295 e. The molecule has 0 fully saturated rings. The summed E-state index contributed by atoms with van der Waals surface area (Å²) in [6.07, 6.45) is 0. The fourth-order valence-corrected chi connectivity index (χ4v) is 3.11. The highest BCUT2D eigenvalue weighted by molar-refractivity contribution is 7.86. The molecule has 0 radical (unpaired) electrons. The summed E-state index contributed by atoms with van der Waals surface area (Å²) in [5, 5.41) is 9.38. The minimum absolute atomic E-state index is 0.149. The van der Waals surface area contributed by atoms with Crippen LogP contribution in [0.1, 0.15) is 0 Å². The van der Waals surface area contributed by atoms with E-state index in [0.717, 1.165) is 0 Å². The van der Waals surface area contributed by atoms with E-state index in [1.54, 1.807) is 48.5 Å². The van der Waals surface area contributed by atoms with E-state index in [-0.39, 0.29) is 16.3 Å². The van der Waals surface area contributed by atoms with E-state index in [4.69, 9.17) is 17.3 Å². The minimum atomic E-state index is -4.43. The average Bonchev–Trinajstić information content (AvgIpc) is 2.55. The summed E-state index contributed by atoms with van der Waals surface area (Å²) >= 11 is 5.80. The predicted octanol–water partition coefficient (Wildman–Crippen LogP) is 4.74. The molecule has 0 aliphatic heterocycles. The second-order valence-corrected chi connectivity index (χ2v) is 6.83. The lowest BCUT2D eigenvalue weighted by atomic mass is 10.1. The molecule has 3 aromatic carbocycles. The topological polar surface area (TPSA) is 105 Å². The first kappa shape index (κ1) is 16.4. The zero-order valence-corrected chi connectivity index (χ0v) is 13.8. The molecule has 3 N–H and O–H groups in total. The van der Waals surface area contributed by atoms with Crippen LogP contribution in [0.15, 0.2) is 69.7 Å². The van der Waals surface area contributed by atoms with E-state index in [2.05, 4.69) is 10.2 Å². The normalized spacial score (nSPS) is 12.1. The van der Waals surface area contributed by atoms with Gasteiger partial charge in [-0.15, -0.1) is 5.11 Å². The number of nitrogens with zero attached hydrogens (tertiary/aromatic N) is 2. The van der Waals surface area contributed by atoms with Crippen LogP contribution in [0.4, 0.5) is 17.1 Å². The van der Waals surface area contributed by atoms with E-state index < -0.39 is 10.1 Å². The third-order valence-electron chi connectivity index (χ3n) is 3.40. The highest BCUT2D eigenvalue weighted by atomic mass is 35.5. The number of anilines is 1. The highest BCUT2D eigenvalue weighted by Crippen LogP contribution is 2.36. The van der Waals surface area contributed by atoms with Gasteiger partial charge in [-0.25, -0.2) is 0 Å². The van der Waals surface area contributed by atoms with Crippen molar-refractivity contribution in [3.8, 4) is 0 Å². The van der Waals surface area contributed by atoms with Crippen LogP contribution in [-0.2, 0) is 10.1 Å². The molecular weight excluding hydrogens is 350 g/mol. The summed E-state index contributed by atoms with van der Waals surface area (Å²) < 4.78 is 32.8. The number of fused-ring (bicyclic) bond motifs is 1. The Balaban J connectivity index is 2.18. The lowest BCUT2D eigenvalue weighted by molar-refractivity contribution is 0.484. The van der Waals surface area contributed by atoms with Crippen LogP contribution in [0, 0.1) is 0 Å². The third kappa shape index (κ3) is 3.23. The average molecular weight is 362 g/mol. The van der Waals surface area contributed by atoms with Gasteiger partial charge in [0.25, 0.3) is 10.1 Å². The Morgan fingerprint density at radius 3 is 2.21 bits per heavy atom. The summed E-state index contributed by atoms with van der Waals surface area (Å²) in [6.45, 7) is 0. The zero-order chi connectivity index (χ0) is 17.3. The van der Waals surface area contributed by atoms with Crippen molar-refractivity contribution in [3.63, 3.8) is 0 Å². The number of halogens is 1. The summed E-state index contributed by atoms with van der Waals surface area (Å²) in [4.78, 5) is -0.266. The van der Waals surface area contributed by atoms with E-state index >= 15 is 0 Å². The van der Waals surface area contributed by atoms with Gasteiger partial charge in [0, 0.05) is 15.8 Å². The van der Waals surface area contributed by atoms with Crippen molar-refractivity contribution in [2.45, 2.75) is 4.90 Å². The Kier molecular flexibility index (Phi) is 4.23. The number of nitrogen functional groups attached to an aromatic ring is 1. The molecule has 0 aromatic heterocycles. The van der Waals surface area contributed by atoms with E-state index in [1.165, 1.54) is 6.07 Å². The number of hydrogen-bond donors (Lipinski definition) is 2. The smallest absolute Gasteiger partial charge is 0.295 e. The molecule has 3 aromatic rings. The maximum absolute atomic E-state index is 11.6. The number of azo groups is 1. The van der Waals surface area contributed by atoms with Crippen molar-refractivity contribution in [1.82, 2.24) is 0 Å². The number of rotatable bonds is 3. The molecule has 0 saturated carbocycles. The maximum atomic E-state index is 11.6. The summed E-state index contributed by atoms with van der Waals surface area (Å²) in [5.74, 6) is 0. The molecule has 24 heavy (non-hydrogen) atoms. The van der Waals surface area contributed by atoms with Crippen LogP contribution in [0.5, 0.6) is 0 Å². The molecule has 0 amide bonds. The molecule has 0 spiro atoms. The van der Waals surface area contributed by atoms with Gasteiger partial charge in [0.15, 0.2) is 0 Å². The van der Waals surface area contributed by atoms with Gasteiger partial charge >= 0.3 is 0 Å². The van der Waals surface area contributed by atoms with Gasteiger partial charge in [-0.05, 0) is 30.3 Å². The first-order chi connectivity index (χ1) is 11.4. The van der Waals surface area contributed by atoms with Crippen molar-refractivity contribution in [2.24, 2.45) is 10.2 Å². The molecular formula is C16H12ClN3O3S. The molecule has 122 valence electrons. The molecule has 0 unspecified atom stereocenters. The standard InChI is InChI=1S/C16H12ClN3O3S/c17-10-5-7-11(8-6-10)19-20-14-9-15(24(21,22)23)12-3-1-2-4-13(12)16(14)18/h1-9H,18H2,(H,21,22,23). The van der Waals surface area contributed by atoms with Gasteiger partial charge in [-0.1, -0.05) is 35.9 Å². The van der Waals surface area contributed by atoms with Gasteiger partial charge < -0.3 is 5.73 Å². The second-order valence-electron chi connectivity index (χ2n) is 5.00. The van der Waals surface area contributed by atoms with Gasteiger partial charge in [0.1, 0.15) is 10.6 Å². The van der Waals surface area contributed by atoms with Crippen LogP contribution in [0.2, 0.25) is 5.02 Å². The van der Waals surface area contributed by atoms with Crippen molar-refractivity contribution >= 4 is 49.6 Å². The van der Waals surface area contributed by atoms with Crippen molar-refractivity contribution < 1.29 is 13.0 Å². The fourth-order valence-electron chi connectivity index (χ4n) is 2.27. The Hall–Kier alpha value is -2.48. The second kappa shape index (κ2) is 6.20. The Labute approximate surface area is 143 Å². The SMILES string of the molecule is Nc1c(N=Nc2ccc(Cl)cc2)cc(S(=O)(=O)O)c2ccccc12. The molecule has 0 saturated heterocycles. The Morgan fingerprint density at radius 2 is 1.58 bits per heavy atom. The fraction of sp³-hybridized carbons (Fsp3) is 0. The van der Waals surface area contributed by atoms with Gasteiger partial charge in [-0.2, -0.15) is 13.5 Å². The van der Waals surface area contributed by atoms with Gasteiger partial charge in [-0.3, -0.25) is 4.55 Å². The molecule has 3 rings (SSSR count).